The van der Waals surface area contributed by atoms with Gasteiger partial charge in [-0.25, -0.2) is 0 Å². The van der Waals surface area contributed by atoms with Crippen LogP contribution in [0.5, 0.6) is 0 Å². The quantitative estimate of drug-likeness (QED) is 0.637. The summed E-state index contributed by atoms with van der Waals surface area (Å²) in [6.07, 6.45) is 0.875. The molecule has 0 aromatic heterocycles. The molecule has 0 atom stereocenters. The van der Waals surface area contributed by atoms with E-state index < -0.39 is 0 Å². The first kappa shape index (κ1) is 13.4. The Labute approximate surface area is 87.0 Å². The fourth-order valence-corrected chi connectivity index (χ4v) is 1.21. The molecular formula is C10H23N3O. The van der Waals surface area contributed by atoms with Crippen molar-refractivity contribution >= 4 is 5.91 Å². The Kier molecular flexibility index (Phi) is 7.42. The van der Waals surface area contributed by atoms with E-state index in [2.05, 4.69) is 18.7 Å². The number of amides is 1. The molecule has 0 radical (unpaired) electrons. The molecule has 0 aromatic carbocycles. The molecule has 0 aromatic rings. The summed E-state index contributed by atoms with van der Waals surface area (Å²) in [6.45, 7) is 7.90. The molecule has 0 heterocycles. The smallest absolute Gasteiger partial charge is 0.236 e. The summed E-state index contributed by atoms with van der Waals surface area (Å²) in [7, 11) is 1.83. The average Bonchev–Trinajstić information content (AvgIpc) is 2.21. The monoisotopic (exact) mass is 201 g/mol. The van der Waals surface area contributed by atoms with Crippen molar-refractivity contribution in [2.75, 3.05) is 39.8 Å². The lowest BCUT2D eigenvalue weighted by atomic mass is 10.3. The van der Waals surface area contributed by atoms with Crippen LogP contribution in [-0.4, -0.2) is 55.5 Å². The summed E-state index contributed by atoms with van der Waals surface area (Å²) in [5.41, 5.74) is 5.38. The first-order chi connectivity index (χ1) is 6.65. The minimum absolute atomic E-state index is 0.183. The van der Waals surface area contributed by atoms with Crippen LogP contribution in [0.25, 0.3) is 0 Å². The van der Waals surface area contributed by atoms with Gasteiger partial charge in [-0.15, -0.1) is 0 Å². The SMILES string of the molecule is CCN(CC)CC(=O)N(C)CCCN. The van der Waals surface area contributed by atoms with Crippen LogP contribution in [0.3, 0.4) is 0 Å². The Morgan fingerprint density at radius 3 is 2.29 bits per heavy atom. The second kappa shape index (κ2) is 7.76. The number of hydrogen-bond acceptors (Lipinski definition) is 3. The molecule has 0 fully saturated rings. The number of hydrogen-bond donors (Lipinski definition) is 1. The largest absolute Gasteiger partial charge is 0.345 e. The van der Waals surface area contributed by atoms with Crippen LogP contribution in [0.15, 0.2) is 0 Å². The summed E-state index contributed by atoms with van der Waals surface area (Å²) in [4.78, 5) is 15.5. The predicted octanol–water partition coefficient (Wildman–Crippen LogP) is 0.135. The van der Waals surface area contributed by atoms with Crippen LogP contribution in [0.1, 0.15) is 20.3 Å². The van der Waals surface area contributed by atoms with Crippen LogP contribution in [0.2, 0.25) is 0 Å². The van der Waals surface area contributed by atoms with Gasteiger partial charge in [-0.05, 0) is 26.1 Å². The van der Waals surface area contributed by atoms with Crippen molar-refractivity contribution in [2.45, 2.75) is 20.3 Å². The van der Waals surface area contributed by atoms with Gasteiger partial charge in [0.15, 0.2) is 0 Å². The van der Waals surface area contributed by atoms with Crippen molar-refractivity contribution in [2.24, 2.45) is 5.73 Å². The van der Waals surface area contributed by atoms with Gasteiger partial charge in [0, 0.05) is 13.6 Å². The topological polar surface area (TPSA) is 49.6 Å². The number of rotatable bonds is 7. The third-order valence-corrected chi connectivity index (χ3v) is 2.38. The molecule has 84 valence electrons. The van der Waals surface area contributed by atoms with Crippen molar-refractivity contribution in [3.8, 4) is 0 Å². The standard InChI is InChI=1S/C10H23N3O/c1-4-13(5-2)9-10(14)12(3)8-6-7-11/h4-9,11H2,1-3H3. The maximum Gasteiger partial charge on any atom is 0.236 e. The van der Waals surface area contributed by atoms with Crippen molar-refractivity contribution < 1.29 is 4.79 Å². The van der Waals surface area contributed by atoms with Gasteiger partial charge in [-0.1, -0.05) is 13.8 Å². The van der Waals surface area contributed by atoms with Gasteiger partial charge in [-0.3, -0.25) is 9.69 Å². The Hall–Kier alpha value is -0.610. The van der Waals surface area contributed by atoms with Crippen LogP contribution >= 0.6 is 0 Å². The van der Waals surface area contributed by atoms with Gasteiger partial charge < -0.3 is 10.6 Å². The van der Waals surface area contributed by atoms with Gasteiger partial charge in [0.25, 0.3) is 0 Å². The Morgan fingerprint density at radius 2 is 1.86 bits per heavy atom. The lowest BCUT2D eigenvalue weighted by molar-refractivity contribution is -0.131. The van der Waals surface area contributed by atoms with E-state index in [1.54, 1.807) is 4.90 Å². The fourth-order valence-electron chi connectivity index (χ4n) is 1.21. The van der Waals surface area contributed by atoms with Gasteiger partial charge in [0.1, 0.15) is 0 Å². The summed E-state index contributed by atoms with van der Waals surface area (Å²) >= 11 is 0. The zero-order valence-corrected chi connectivity index (χ0v) is 9.62. The van der Waals surface area contributed by atoms with E-state index in [1.807, 2.05) is 7.05 Å². The van der Waals surface area contributed by atoms with Gasteiger partial charge in [0.05, 0.1) is 6.54 Å². The molecule has 4 nitrogen and oxygen atoms in total. The van der Waals surface area contributed by atoms with E-state index >= 15 is 0 Å². The summed E-state index contributed by atoms with van der Waals surface area (Å²) in [5.74, 6) is 0.183. The van der Waals surface area contributed by atoms with Crippen LogP contribution in [-0.2, 0) is 4.79 Å². The second-order valence-corrected chi connectivity index (χ2v) is 3.42. The van der Waals surface area contributed by atoms with E-state index in [0.29, 0.717) is 13.1 Å². The van der Waals surface area contributed by atoms with Crippen LogP contribution in [0, 0.1) is 0 Å². The molecule has 0 aliphatic carbocycles. The first-order valence-corrected chi connectivity index (χ1v) is 5.32. The Bertz CT molecular complexity index is 157. The lowest BCUT2D eigenvalue weighted by Crippen LogP contribution is -2.39. The number of carbonyl (C=O) groups is 1. The summed E-state index contributed by atoms with van der Waals surface area (Å²) < 4.78 is 0. The normalized spacial score (nSPS) is 10.6. The minimum Gasteiger partial charge on any atom is -0.345 e. The second-order valence-electron chi connectivity index (χ2n) is 3.42. The van der Waals surface area contributed by atoms with E-state index in [1.165, 1.54) is 0 Å². The molecule has 0 unspecified atom stereocenters. The fraction of sp³-hybridized carbons (Fsp3) is 0.900. The van der Waals surface area contributed by atoms with Crippen molar-refractivity contribution in [1.29, 1.82) is 0 Å². The first-order valence-electron chi connectivity index (χ1n) is 5.32. The average molecular weight is 201 g/mol. The Balaban J connectivity index is 3.81. The highest BCUT2D eigenvalue weighted by atomic mass is 16.2. The predicted molar refractivity (Wildman–Crippen MR) is 59.1 cm³/mol. The lowest BCUT2D eigenvalue weighted by Gasteiger charge is -2.22. The maximum atomic E-state index is 11.6. The van der Waals surface area contributed by atoms with Gasteiger partial charge in [0.2, 0.25) is 5.91 Å². The highest BCUT2D eigenvalue weighted by Gasteiger charge is 2.11. The van der Waals surface area contributed by atoms with Crippen LogP contribution < -0.4 is 5.73 Å². The molecular weight excluding hydrogens is 178 g/mol. The minimum atomic E-state index is 0.183. The molecule has 0 bridgehead atoms. The molecule has 2 N–H and O–H groups in total. The van der Waals surface area contributed by atoms with Crippen molar-refractivity contribution in [3.63, 3.8) is 0 Å². The van der Waals surface area contributed by atoms with E-state index in [0.717, 1.165) is 26.1 Å². The van der Waals surface area contributed by atoms with Crippen LogP contribution in [0.4, 0.5) is 0 Å². The maximum absolute atomic E-state index is 11.6. The van der Waals surface area contributed by atoms with E-state index in [4.69, 9.17) is 5.73 Å². The molecule has 4 heteroatoms. The number of nitrogens with two attached hydrogens (primary N) is 1. The third kappa shape index (κ3) is 5.19. The summed E-state index contributed by atoms with van der Waals surface area (Å²) in [5, 5.41) is 0. The number of carbonyl (C=O) groups excluding carboxylic acids is 1. The number of likely N-dealkylation sites (N-methyl/N-ethyl adjacent to an activating group) is 2. The third-order valence-electron chi connectivity index (χ3n) is 2.38. The number of nitrogens with zero attached hydrogens (tertiary/aromatic N) is 2. The summed E-state index contributed by atoms with van der Waals surface area (Å²) in [6, 6.07) is 0. The molecule has 14 heavy (non-hydrogen) atoms. The van der Waals surface area contributed by atoms with Crippen molar-refractivity contribution in [1.82, 2.24) is 9.80 Å². The van der Waals surface area contributed by atoms with E-state index in [9.17, 15) is 4.79 Å². The molecule has 0 aliphatic rings. The van der Waals surface area contributed by atoms with E-state index in [-0.39, 0.29) is 5.91 Å². The molecule has 0 aliphatic heterocycles. The zero-order chi connectivity index (χ0) is 11.0. The molecule has 0 saturated carbocycles. The molecule has 0 rings (SSSR count). The molecule has 0 spiro atoms. The van der Waals surface area contributed by atoms with Crippen molar-refractivity contribution in [3.05, 3.63) is 0 Å². The molecule has 1 amide bonds. The van der Waals surface area contributed by atoms with Gasteiger partial charge >= 0.3 is 0 Å². The zero-order valence-electron chi connectivity index (χ0n) is 9.62. The highest BCUT2D eigenvalue weighted by molar-refractivity contribution is 5.77. The molecule has 0 saturated heterocycles. The highest BCUT2D eigenvalue weighted by Crippen LogP contribution is 1.92. The van der Waals surface area contributed by atoms with Gasteiger partial charge in [-0.2, -0.15) is 0 Å². The Morgan fingerprint density at radius 1 is 1.29 bits per heavy atom.